The lowest BCUT2D eigenvalue weighted by molar-refractivity contribution is 0.609. The predicted octanol–water partition coefficient (Wildman–Crippen LogP) is 3.60. The van der Waals surface area contributed by atoms with E-state index in [0.29, 0.717) is 29.6 Å². The molecular formula is C14H22ClFIN3. The molecule has 20 heavy (non-hydrogen) atoms. The van der Waals surface area contributed by atoms with Crippen molar-refractivity contribution in [3.8, 4) is 0 Å². The van der Waals surface area contributed by atoms with E-state index in [1.807, 2.05) is 20.8 Å². The van der Waals surface area contributed by atoms with Crippen molar-refractivity contribution in [2.24, 2.45) is 4.99 Å². The molecule has 0 saturated carbocycles. The first-order valence-electron chi connectivity index (χ1n) is 6.52. The summed E-state index contributed by atoms with van der Waals surface area (Å²) in [5.41, 5.74) is 0.522. The van der Waals surface area contributed by atoms with Crippen molar-refractivity contribution in [1.29, 1.82) is 0 Å². The Morgan fingerprint density at radius 2 is 2.10 bits per heavy atom. The minimum absolute atomic E-state index is 0. The molecule has 0 unspecified atom stereocenters. The summed E-state index contributed by atoms with van der Waals surface area (Å²) in [4.78, 5) is 4.40. The second-order valence-corrected chi connectivity index (χ2v) is 4.92. The molecule has 0 amide bonds. The van der Waals surface area contributed by atoms with Crippen LogP contribution in [0.4, 0.5) is 4.39 Å². The fourth-order valence-electron chi connectivity index (χ4n) is 1.64. The van der Waals surface area contributed by atoms with Crippen LogP contribution in [0.5, 0.6) is 0 Å². The molecule has 1 rings (SSSR count). The van der Waals surface area contributed by atoms with Gasteiger partial charge in [-0.3, -0.25) is 4.99 Å². The molecule has 0 atom stereocenters. The van der Waals surface area contributed by atoms with Crippen LogP contribution in [0.3, 0.4) is 0 Å². The third kappa shape index (κ3) is 6.74. The molecule has 0 fully saturated rings. The van der Waals surface area contributed by atoms with Crippen LogP contribution in [-0.2, 0) is 6.42 Å². The third-order valence-corrected chi connectivity index (χ3v) is 2.82. The Morgan fingerprint density at radius 1 is 1.40 bits per heavy atom. The average molecular weight is 414 g/mol. The highest BCUT2D eigenvalue weighted by atomic mass is 127. The molecule has 1 aromatic rings. The lowest BCUT2D eigenvalue weighted by Crippen LogP contribution is -2.41. The number of hydrogen-bond acceptors (Lipinski definition) is 1. The molecule has 0 spiro atoms. The standard InChI is InChI=1S/C14H21ClFN3.HI/c1-4-17-14(19-10(2)3)18-9-8-11-12(15)6-5-7-13(11)16;/h5-7,10H,4,8-9H2,1-3H3,(H2,17,18,19);1H. The SMILES string of the molecule is CCNC(=NCCc1c(F)cccc1Cl)NC(C)C.I. The number of rotatable bonds is 5. The Labute approximate surface area is 142 Å². The van der Waals surface area contributed by atoms with E-state index in [4.69, 9.17) is 11.6 Å². The van der Waals surface area contributed by atoms with E-state index in [1.165, 1.54) is 6.07 Å². The zero-order valence-electron chi connectivity index (χ0n) is 12.0. The fraction of sp³-hybridized carbons (Fsp3) is 0.500. The zero-order chi connectivity index (χ0) is 14.3. The molecular weight excluding hydrogens is 392 g/mol. The fourth-order valence-corrected chi connectivity index (χ4v) is 1.90. The number of guanidine groups is 1. The number of halogens is 3. The van der Waals surface area contributed by atoms with Gasteiger partial charge in [-0.1, -0.05) is 17.7 Å². The number of nitrogens with one attached hydrogen (secondary N) is 2. The minimum Gasteiger partial charge on any atom is -0.357 e. The summed E-state index contributed by atoms with van der Waals surface area (Å²) in [6.07, 6.45) is 0.486. The van der Waals surface area contributed by atoms with E-state index in [2.05, 4.69) is 15.6 Å². The molecule has 0 aromatic heterocycles. The first kappa shape index (κ1) is 19.4. The van der Waals surface area contributed by atoms with E-state index in [9.17, 15) is 4.39 Å². The largest absolute Gasteiger partial charge is 0.357 e. The summed E-state index contributed by atoms with van der Waals surface area (Å²) in [6, 6.07) is 5.02. The molecule has 0 bridgehead atoms. The van der Waals surface area contributed by atoms with Gasteiger partial charge in [-0.05, 0) is 39.3 Å². The summed E-state index contributed by atoms with van der Waals surface area (Å²) in [7, 11) is 0. The van der Waals surface area contributed by atoms with Crippen molar-refractivity contribution in [1.82, 2.24) is 10.6 Å². The molecule has 2 N–H and O–H groups in total. The summed E-state index contributed by atoms with van der Waals surface area (Å²) in [6.45, 7) is 7.37. The number of aliphatic imine (C=N–C) groups is 1. The molecule has 0 aliphatic carbocycles. The summed E-state index contributed by atoms with van der Waals surface area (Å²) in [5.74, 6) is 0.467. The highest BCUT2D eigenvalue weighted by molar-refractivity contribution is 14.0. The van der Waals surface area contributed by atoms with Crippen molar-refractivity contribution in [3.63, 3.8) is 0 Å². The Hall–Kier alpha value is -0.560. The number of benzene rings is 1. The van der Waals surface area contributed by atoms with Crippen LogP contribution in [0, 0.1) is 5.82 Å². The molecule has 1 aromatic carbocycles. The summed E-state index contributed by atoms with van der Waals surface area (Å²) < 4.78 is 13.6. The molecule has 114 valence electrons. The quantitative estimate of drug-likeness (QED) is 0.440. The van der Waals surface area contributed by atoms with Gasteiger partial charge in [0.05, 0.1) is 0 Å². The van der Waals surface area contributed by atoms with Crippen LogP contribution in [0.15, 0.2) is 23.2 Å². The van der Waals surface area contributed by atoms with Crippen LogP contribution in [0.25, 0.3) is 0 Å². The van der Waals surface area contributed by atoms with Crippen molar-refractivity contribution < 1.29 is 4.39 Å². The summed E-state index contributed by atoms with van der Waals surface area (Å²) >= 11 is 5.97. The lowest BCUT2D eigenvalue weighted by atomic mass is 10.1. The first-order valence-corrected chi connectivity index (χ1v) is 6.90. The second kappa shape index (κ2) is 10.2. The Kier molecular flexibility index (Phi) is 9.92. The first-order chi connectivity index (χ1) is 9.04. The number of nitrogens with zero attached hydrogens (tertiary/aromatic N) is 1. The molecule has 0 saturated heterocycles. The highest BCUT2D eigenvalue weighted by Gasteiger charge is 2.06. The van der Waals surface area contributed by atoms with Gasteiger partial charge in [0.25, 0.3) is 0 Å². The summed E-state index contributed by atoms with van der Waals surface area (Å²) in [5, 5.41) is 6.81. The van der Waals surface area contributed by atoms with Crippen molar-refractivity contribution >= 4 is 41.5 Å². The van der Waals surface area contributed by atoms with E-state index >= 15 is 0 Å². The highest BCUT2D eigenvalue weighted by Crippen LogP contribution is 2.19. The monoisotopic (exact) mass is 413 g/mol. The Balaban J connectivity index is 0.00000361. The van der Waals surface area contributed by atoms with Crippen molar-refractivity contribution in [2.45, 2.75) is 33.2 Å². The maximum atomic E-state index is 13.6. The van der Waals surface area contributed by atoms with Gasteiger partial charge in [0.2, 0.25) is 0 Å². The molecule has 0 aliphatic rings. The maximum Gasteiger partial charge on any atom is 0.191 e. The molecule has 0 aliphatic heterocycles. The normalized spacial score (nSPS) is 11.2. The molecule has 6 heteroatoms. The van der Waals surface area contributed by atoms with Gasteiger partial charge in [-0.25, -0.2) is 4.39 Å². The van der Waals surface area contributed by atoms with E-state index in [0.717, 1.165) is 12.5 Å². The van der Waals surface area contributed by atoms with E-state index < -0.39 is 0 Å². The van der Waals surface area contributed by atoms with Gasteiger partial charge in [0.15, 0.2) is 5.96 Å². The van der Waals surface area contributed by atoms with Crippen LogP contribution < -0.4 is 10.6 Å². The van der Waals surface area contributed by atoms with Crippen LogP contribution in [-0.4, -0.2) is 25.1 Å². The van der Waals surface area contributed by atoms with Crippen LogP contribution in [0.1, 0.15) is 26.3 Å². The topological polar surface area (TPSA) is 36.4 Å². The molecule has 0 radical (unpaired) electrons. The van der Waals surface area contributed by atoms with Gasteiger partial charge >= 0.3 is 0 Å². The Bertz CT molecular complexity index is 418. The smallest absolute Gasteiger partial charge is 0.191 e. The lowest BCUT2D eigenvalue weighted by Gasteiger charge is -2.14. The average Bonchev–Trinajstić information content (AvgIpc) is 2.32. The van der Waals surface area contributed by atoms with Gasteiger partial charge in [0, 0.05) is 29.7 Å². The van der Waals surface area contributed by atoms with Gasteiger partial charge in [-0.15, -0.1) is 24.0 Å². The van der Waals surface area contributed by atoms with Crippen LogP contribution >= 0.6 is 35.6 Å². The number of hydrogen-bond donors (Lipinski definition) is 2. The zero-order valence-corrected chi connectivity index (χ0v) is 15.1. The molecule has 0 heterocycles. The Morgan fingerprint density at radius 3 is 2.65 bits per heavy atom. The molecule has 3 nitrogen and oxygen atoms in total. The van der Waals surface area contributed by atoms with Crippen molar-refractivity contribution in [3.05, 3.63) is 34.6 Å². The minimum atomic E-state index is -0.274. The van der Waals surface area contributed by atoms with E-state index in [-0.39, 0.29) is 29.8 Å². The van der Waals surface area contributed by atoms with Crippen LogP contribution in [0.2, 0.25) is 5.02 Å². The maximum absolute atomic E-state index is 13.6. The van der Waals surface area contributed by atoms with Crippen molar-refractivity contribution in [2.75, 3.05) is 13.1 Å². The predicted molar refractivity (Wildman–Crippen MR) is 94.8 cm³/mol. The van der Waals surface area contributed by atoms with Gasteiger partial charge in [-0.2, -0.15) is 0 Å². The third-order valence-electron chi connectivity index (χ3n) is 2.46. The van der Waals surface area contributed by atoms with E-state index in [1.54, 1.807) is 12.1 Å². The van der Waals surface area contributed by atoms with Gasteiger partial charge < -0.3 is 10.6 Å². The second-order valence-electron chi connectivity index (χ2n) is 4.51. The van der Waals surface area contributed by atoms with Gasteiger partial charge in [0.1, 0.15) is 5.82 Å².